The van der Waals surface area contributed by atoms with Crippen LogP contribution in [0.4, 0.5) is 26.6 Å². The van der Waals surface area contributed by atoms with Gasteiger partial charge in [0.15, 0.2) is 0 Å². The van der Waals surface area contributed by atoms with Gasteiger partial charge < -0.3 is 10.4 Å². The summed E-state index contributed by atoms with van der Waals surface area (Å²) in [7, 11) is -1.81. The number of quaternary nitrogens is 1. The molecule has 2 rings (SSSR count). The number of benzene rings is 2. The molecule has 0 heterocycles. The van der Waals surface area contributed by atoms with Crippen molar-refractivity contribution in [1.29, 1.82) is 0 Å². The number of carbonyl (C=O) groups excluding carboxylic acids is 2. The van der Waals surface area contributed by atoms with Gasteiger partial charge >= 0.3 is 11.9 Å². The van der Waals surface area contributed by atoms with Crippen molar-refractivity contribution in [3.63, 3.8) is 0 Å². The summed E-state index contributed by atoms with van der Waals surface area (Å²) in [5.74, 6) is -0.789. The lowest BCUT2D eigenvalue weighted by Gasteiger charge is -2.26. The Bertz CT molecular complexity index is 990. The smallest absolute Gasteiger partial charge is 0.348 e. The number of hydrogen-bond acceptors (Lipinski definition) is 4. The van der Waals surface area contributed by atoms with Crippen molar-refractivity contribution in [3.8, 4) is 0 Å². The minimum absolute atomic E-state index is 0.0544. The fraction of sp³-hybridized carbons (Fsp3) is 0.263. The molecule has 2 atom stereocenters. The number of nitrogens with one attached hydrogen (secondary N) is 1. The van der Waals surface area contributed by atoms with Crippen LogP contribution >= 0.6 is 0 Å². The number of aliphatic hydroxyl groups is 1. The Labute approximate surface area is 180 Å². The number of rotatable bonds is 7. The first-order chi connectivity index (χ1) is 14.7. The van der Waals surface area contributed by atoms with E-state index in [0.717, 1.165) is 12.1 Å². The molecule has 2 N–H and O–H groups in total. The van der Waals surface area contributed by atoms with E-state index >= 15 is 0 Å². The summed E-state index contributed by atoms with van der Waals surface area (Å²) < 4.78 is 89.1. The van der Waals surface area contributed by atoms with Gasteiger partial charge in [0.05, 0.1) is 19.0 Å². The van der Waals surface area contributed by atoms with Crippen molar-refractivity contribution in [2.75, 3.05) is 0 Å². The van der Waals surface area contributed by atoms with E-state index in [2.05, 4.69) is 5.32 Å². The number of halogens is 6. The van der Waals surface area contributed by atoms with Gasteiger partial charge in [-0.3, -0.25) is 9.59 Å². The van der Waals surface area contributed by atoms with Crippen LogP contribution in [0, 0.1) is 0 Å². The zero-order chi connectivity index (χ0) is 24.3. The number of hydrogen-bond donors (Lipinski definition) is 2. The Morgan fingerprint density at radius 3 is 1.97 bits per heavy atom. The van der Waals surface area contributed by atoms with Gasteiger partial charge in [0.1, 0.15) is 10.8 Å². The monoisotopic (exact) mass is 483 g/mol. The van der Waals surface area contributed by atoms with Crippen molar-refractivity contribution in [2.24, 2.45) is 0 Å². The van der Waals surface area contributed by atoms with Crippen molar-refractivity contribution >= 4 is 21.8 Å². The average Bonchev–Trinajstić information content (AvgIpc) is 2.74. The second-order valence-corrected chi connectivity index (χ2v) is 7.98. The second-order valence-electron chi connectivity index (χ2n) is 6.51. The Balaban J connectivity index is 2.11. The van der Waals surface area contributed by atoms with E-state index in [-0.39, 0.29) is 23.4 Å². The van der Waals surface area contributed by atoms with Crippen molar-refractivity contribution in [2.45, 2.75) is 36.7 Å². The molecule has 0 spiro atoms. The predicted molar refractivity (Wildman–Crippen MR) is 99.3 cm³/mol. The third-order valence-corrected chi connectivity index (χ3v) is 5.80. The zero-order valence-corrected chi connectivity index (χ0v) is 17.1. The molecule has 32 heavy (non-hydrogen) atoms. The molecule has 2 unspecified atom stereocenters. The molecule has 13 heteroatoms. The summed E-state index contributed by atoms with van der Waals surface area (Å²) >= 11 is 0. The molecule has 0 bridgehead atoms. The molecule has 0 aromatic heterocycles. The fourth-order valence-electron chi connectivity index (χ4n) is 2.59. The Kier molecular flexibility index (Phi) is 7.47. The molecule has 0 aliphatic carbocycles. The first-order valence-corrected chi connectivity index (χ1v) is 10.1. The lowest BCUT2D eigenvalue weighted by molar-refractivity contribution is -1.32. The second kappa shape index (κ2) is 9.38. The predicted octanol–water partition coefficient (Wildman–Crippen LogP) is 3.84. The van der Waals surface area contributed by atoms with Crippen LogP contribution in [0.2, 0.25) is 0 Å². The van der Waals surface area contributed by atoms with Crippen LogP contribution in [-0.2, 0) is 27.9 Å². The maximum atomic E-state index is 12.9. The molecule has 0 aliphatic rings. The van der Waals surface area contributed by atoms with Crippen LogP contribution in [0.5, 0.6) is 0 Å². The minimum atomic E-state index is -6.05. The SMILES string of the molecule is CCC(=O)S(=O)c1ccc(CNC(=O)c2ccc(C(O)(C(F)(F)F)[N+](F)(F)F)cc2)cc1. The lowest BCUT2D eigenvalue weighted by Crippen LogP contribution is -2.56. The van der Waals surface area contributed by atoms with Gasteiger partial charge in [-0.2, -0.15) is 13.2 Å². The first kappa shape index (κ1) is 25.5. The van der Waals surface area contributed by atoms with Gasteiger partial charge in [0, 0.05) is 23.4 Å². The molecule has 0 aliphatic heterocycles. The fourth-order valence-corrected chi connectivity index (χ4v) is 3.49. The summed E-state index contributed by atoms with van der Waals surface area (Å²) in [6.45, 7) is 1.52. The quantitative estimate of drug-likeness (QED) is 0.356. The number of amides is 1. The maximum absolute atomic E-state index is 12.9. The van der Waals surface area contributed by atoms with Crippen molar-refractivity contribution in [1.82, 2.24) is 5.32 Å². The van der Waals surface area contributed by atoms with E-state index in [0.29, 0.717) is 17.7 Å². The molecule has 1 amide bonds. The molecule has 0 saturated heterocycles. The topological polar surface area (TPSA) is 83.5 Å². The van der Waals surface area contributed by atoms with Gasteiger partial charge in [-0.05, 0) is 42.0 Å². The van der Waals surface area contributed by atoms with Crippen LogP contribution in [-0.4, -0.2) is 31.7 Å². The van der Waals surface area contributed by atoms with Crippen LogP contribution in [0.15, 0.2) is 53.4 Å². The molecule has 0 radical (unpaired) electrons. The van der Waals surface area contributed by atoms with E-state index < -0.39 is 44.4 Å². The number of nitrogens with zero attached hydrogens (tertiary/aromatic N) is 1. The minimum Gasteiger partial charge on any atom is -0.348 e. The molecule has 0 fully saturated rings. The third-order valence-electron chi connectivity index (χ3n) is 4.40. The van der Waals surface area contributed by atoms with Crippen LogP contribution in [0.3, 0.4) is 0 Å². The van der Waals surface area contributed by atoms with Crippen LogP contribution in [0.1, 0.15) is 34.8 Å². The van der Waals surface area contributed by atoms with Gasteiger partial charge in [-0.1, -0.05) is 19.1 Å². The summed E-state index contributed by atoms with van der Waals surface area (Å²) in [6.07, 6.45) is -5.95. The van der Waals surface area contributed by atoms with Crippen LogP contribution in [0.25, 0.3) is 0 Å². The molecular weight excluding hydrogens is 466 g/mol. The Morgan fingerprint density at radius 2 is 1.53 bits per heavy atom. The maximum Gasteiger partial charge on any atom is 0.489 e. The highest BCUT2D eigenvalue weighted by Gasteiger charge is 2.77. The van der Waals surface area contributed by atoms with E-state index in [9.17, 15) is 45.5 Å². The van der Waals surface area contributed by atoms with Gasteiger partial charge in [-0.25, -0.2) is 4.21 Å². The van der Waals surface area contributed by atoms with E-state index in [1.165, 1.54) is 24.3 Å². The van der Waals surface area contributed by atoms with E-state index in [1.807, 2.05) is 0 Å². The molecular formula is C19H17F6N2O4S+. The Hall–Kier alpha value is -2.77. The van der Waals surface area contributed by atoms with Crippen molar-refractivity contribution < 1.29 is 50.7 Å². The van der Waals surface area contributed by atoms with Gasteiger partial charge in [-0.15, -0.1) is 0 Å². The van der Waals surface area contributed by atoms with Gasteiger partial charge in [0.25, 0.3) is 11.1 Å². The number of carbonyl (C=O) groups is 2. The average molecular weight is 483 g/mol. The summed E-state index contributed by atoms with van der Waals surface area (Å²) in [6, 6.07) is 8.06. The molecule has 174 valence electrons. The number of alkyl halides is 3. The normalized spacial score (nSPS) is 15.0. The first-order valence-electron chi connectivity index (χ1n) is 8.91. The highest BCUT2D eigenvalue weighted by Crippen LogP contribution is 2.47. The summed E-state index contributed by atoms with van der Waals surface area (Å²) in [5.41, 5.74) is -6.33. The Morgan fingerprint density at radius 1 is 1.00 bits per heavy atom. The van der Waals surface area contributed by atoms with Crippen LogP contribution < -0.4 is 5.32 Å². The lowest BCUT2D eigenvalue weighted by atomic mass is 10.0. The largest absolute Gasteiger partial charge is 0.489 e. The summed E-state index contributed by atoms with van der Waals surface area (Å²) in [5, 5.41) is 6.00. The molecule has 2 aromatic rings. The zero-order valence-electron chi connectivity index (χ0n) is 16.3. The van der Waals surface area contributed by atoms with E-state index in [4.69, 9.17) is 0 Å². The summed E-state index contributed by atoms with van der Waals surface area (Å²) in [4.78, 5) is 23.9. The standard InChI is InChI=1S/C19H16F6N2O4S/c1-2-16(28)32(31)15-9-3-12(4-10-15)11-26-17(29)13-5-7-14(8-6-13)18(30,19(20,21)22)27(23,24)25/h3-10,30H,2,11H2,1H3/p+1. The molecule has 6 nitrogen and oxygen atoms in total. The highest BCUT2D eigenvalue weighted by molar-refractivity contribution is 8.00. The van der Waals surface area contributed by atoms with E-state index in [1.54, 1.807) is 6.92 Å². The van der Waals surface area contributed by atoms with Crippen molar-refractivity contribution in [3.05, 3.63) is 65.2 Å². The molecule has 0 saturated carbocycles. The molecule has 2 aromatic carbocycles. The van der Waals surface area contributed by atoms with Gasteiger partial charge in [0.2, 0.25) is 5.12 Å². The highest BCUT2D eigenvalue weighted by atomic mass is 32.2. The third kappa shape index (κ3) is 5.16.